The third-order valence-corrected chi connectivity index (χ3v) is 1.61. The maximum atomic E-state index is 5.41. The molecule has 0 saturated carbocycles. The van der Waals surface area contributed by atoms with Crippen molar-refractivity contribution in [1.29, 1.82) is 0 Å². The minimum absolute atomic E-state index is 0.174. The van der Waals surface area contributed by atoms with Gasteiger partial charge in [0, 0.05) is 7.11 Å². The van der Waals surface area contributed by atoms with E-state index in [-0.39, 0.29) is 6.10 Å². The molecule has 0 aliphatic heterocycles. The summed E-state index contributed by atoms with van der Waals surface area (Å²) in [5.74, 6) is 0. The minimum Gasteiger partial charge on any atom is -0.382 e. The van der Waals surface area contributed by atoms with Crippen LogP contribution in [0.25, 0.3) is 0 Å². The molecule has 0 heterocycles. The van der Waals surface area contributed by atoms with Gasteiger partial charge in [0.1, 0.15) is 6.79 Å². The summed E-state index contributed by atoms with van der Waals surface area (Å²) >= 11 is 0. The van der Waals surface area contributed by atoms with Crippen LogP contribution in [0.4, 0.5) is 0 Å². The highest BCUT2D eigenvalue weighted by Gasteiger charge is 1.99. The Morgan fingerprint density at radius 3 is 2.62 bits per heavy atom. The van der Waals surface area contributed by atoms with E-state index in [0.29, 0.717) is 20.0 Å². The van der Waals surface area contributed by atoms with Crippen molar-refractivity contribution in [2.75, 3.05) is 27.1 Å². The topological polar surface area (TPSA) is 27.7 Å². The van der Waals surface area contributed by atoms with E-state index in [1.807, 2.05) is 19.1 Å². The van der Waals surface area contributed by atoms with Gasteiger partial charge in [0.05, 0.1) is 19.3 Å². The number of ether oxygens (including phenoxy) is 3. The molecule has 13 heavy (non-hydrogen) atoms. The van der Waals surface area contributed by atoms with E-state index in [1.54, 1.807) is 7.11 Å². The summed E-state index contributed by atoms with van der Waals surface area (Å²) in [5.41, 5.74) is 0. The highest BCUT2D eigenvalue weighted by atomic mass is 16.7. The lowest BCUT2D eigenvalue weighted by atomic mass is 10.2. The molecule has 0 rings (SSSR count). The second-order valence-corrected chi connectivity index (χ2v) is 2.66. The van der Waals surface area contributed by atoms with Gasteiger partial charge in [-0.25, -0.2) is 0 Å². The maximum Gasteiger partial charge on any atom is 0.147 e. The van der Waals surface area contributed by atoms with Crippen molar-refractivity contribution in [3.63, 3.8) is 0 Å². The van der Waals surface area contributed by atoms with Gasteiger partial charge in [-0.1, -0.05) is 19.1 Å². The van der Waals surface area contributed by atoms with Crippen molar-refractivity contribution in [3.8, 4) is 0 Å². The Kier molecular flexibility index (Phi) is 9.42. The quantitative estimate of drug-likeness (QED) is 0.331. The summed E-state index contributed by atoms with van der Waals surface area (Å²) in [5, 5.41) is 0. The predicted molar refractivity (Wildman–Crippen MR) is 52.7 cm³/mol. The lowest BCUT2D eigenvalue weighted by molar-refractivity contribution is -0.0853. The van der Waals surface area contributed by atoms with Crippen molar-refractivity contribution in [2.24, 2.45) is 0 Å². The first kappa shape index (κ1) is 12.6. The number of hydrogen-bond acceptors (Lipinski definition) is 3. The molecule has 0 aromatic heterocycles. The fourth-order valence-corrected chi connectivity index (χ4v) is 0.861. The van der Waals surface area contributed by atoms with Crippen LogP contribution in [0.5, 0.6) is 0 Å². The van der Waals surface area contributed by atoms with Crippen molar-refractivity contribution >= 4 is 0 Å². The van der Waals surface area contributed by atoms with Gasteiger partial charge >= 0.3 is 0 Å². The number of methoxy groups -OCH3 is 1. The van der Waals surface area contributed by atoms with Crippen LogP contribution in [-0.2, 0) is 14.2 Å². The van der Waals surface area contributed by atoms with E-state index in [1.165, 1.54) is 0 Å². The summed E-state index contributed by atoms with van der Waals surface area (Å²) in [6, 6.07) is 0. The SMILES string of the molecule is C/C=C/C(CC)OCOCCOC. The molecule has 78 valence electrons. The molecule has 3 heteroatoms. The fraction of sp³-hybridized carbons (Fsp3) is 0.800. The van der Waals surface area contributed by atoms with Crippen LogP contribution in [0.3, 0.4) is 0 Å². The third kappa shape index (κ3) is 7.96. The molecule has 0 aliphatic carbocycles. The molecule has 1 atom stereocenters. The molecule has 0 radical (unpaired) electrons. The molecular weight excluding hydrogens is 168 g/mol. The zero-order chi connectivity index (χ0) is 9.94. The van der Waals surface area contributed by atoms with Gasteiger partial charge in [0.15, 0.2) is 0 Å². The molecule has 0 aromatic rings. The summed E-state index contributed by atoms with van der Waals surface area (Å²) in [4.78, 5) is 0. The van der Waals surface area contributed by atoms with Crippen LogP contribution in [0.15, 0.2) is 12.2 Å². The van der Waals surface area contributed by atoms with Crippen LogP contribution in [0, 0.1) is 0 Å². The number of hydrogen-bond donors (Lipinski definition) is 0. The van der Waals surface area contributed by atoms with Gasteiger partial charge in [0.25, 0.3) is 0 Å². The van der Waals surface area contributed by atoms with Crippen molar-refractivity contribution in [1.82, 2.24) is 0 Å². The second-order valence-electron chi connectivity index (χ2n) is 2.66. The average Bonchev–Trinajstić information content (AvgIpc) is 2.16. The molecule has 0 fully saturated rings. The summed E-state index contributed by atoms with van der Waals surface area (Å²) < 4.78 is 15.4. The van der Waals surface area contributed by atoms with E-state index in [4.69, 9.17) is 14.2 Å². The van der Waals surface area contributed by atoms with Crippen molar-refractivity contribution in [2.45, 2.75) is 26.4 Å². The van der Waals surface area contributed by atoms with Gasteiger partial charge in [-0.2, -0.15) is 0 Å². The highest BCUT2D eigenvalue weighted by Crippen LogP contribution is 1.99. The van der Waals surface area contributed by atoms with Gasteiger partial charge < -0.3 is 14.2 Å². The van der Waals surface area contributed by atoms with Gasteiger partial charge in [-0.15, -0.1) is 0 Å². The molecule has 0 saturated heterocycles. The molecule has 0 aliphatic rings. The molecule has 0 N–H and O–H groups in total. The maximum absolute atomic E-state index is 5.41. The van der Waals surface area contributed by atoms with E-state index in [9.17, 15) is 0 Å². The number of rotatable bonds is 8. The fourth-order valence-electron chi connectivity index (χ4n) is 0.861. The molecular formula is C10H20O3. The standard InChI is InChI=1S/C10H20O3/c1-4-6-10(5-2)13-9-12-8-7-11-3/h4,6,10H,5,7-9H2,1-3H3/b6-4+. The Bertz CT molecular complexity index is 123. The summed E-state index contributed by atoms with van der Waals surface area (Å²) in [7, 11) is 1.65. The normalized spacial score (nSPS) is 13.8. The number of allylic oxidation sites excluding steroid dienone is 1. The molecule has 0 spiro atoms. The first-order valence-corrected chi connectivity index (χ1v) is 4.66. The van der Waals surface area contributed by atoms with Crippen LogP contribution in [0.2, 0.25) is 0 Å². The van der Waals surface area contributed by atoms with Gasteiger partial charge in [-0.05, 0) is 13.3 Å². The Morgan fingerprint density at radius 2 is 2.08 bits per heavy atom. The zero-order valence-electron chi connectivity index (χ0n) is 8.79. The Morgan fingerprint density at radius 1 is 1.31 bits per heavy atom. The van der Waals surface area contributed by atoms with E-state index >= 15 is 0 Å². The van der Waals surface area contributed by atoms with Crippen LogP contribution < -0.4 is 0 Å². The van der Waals surface area contributed by atoms with Gasteiger partial charge in [-0.3, -0.25) is 0 Å². The highest BCUT2D eigenvalue weighted by molar-refractivity contribution is 4.85. The lowest BCUT2D eigenvalue weighted by Gasteiger charge is -2.11. The summed E-state index contributed by atoms with van der Waals surface area (Å²) in [6.07, 6.45) is 5.16. The molecule has 0 aromatic carbocycles. The van der Waals surface area contributed by atoms with Crippen LogP contribution >= 0.6 is 0 Å². The molecule has 0 bridgehead atoms. The first-order valence-electron chi connectivity index (χ1n) is 4.66. The first-order chi connectivity index (χ1) is 6.35. The van der Waals surface area contributed by atoms with E-state index < -0.39 is 0 Å². The molecule has 1 unspecified atom stereocenters. The molecule has 3 nitrogen and oxygen atoms in total. The minimum atomic E-state index is 0.174. The largest absolute Gasteiger partial charge is 0.382 e. The van der Waals surface area contributed by atoms with Gasteiger partial charge in [0.2, 0.25) is 0 Å². The predicted octanol–water partition coefficient (Wildman–Crippen LogP) is 1.98. The van der Waals surface area contributed by atoms with E-state index in [2.05, 4.69) is 6.92 Å². The van der Waals surface area contributed by atoms with Crippen LogP contribution in [0.1, 0.15) is 20.3 Å². The average molecular weight is 188 g/mol. The zero-order valence-corrected chi connectivity index (χ0v) is 8.79. The monoisotopic (exact) mass is 188 g/mol. The summed E-state index contributed by atoms with van der Waals surface area (Å²) in [6.45, 7) is 5.61. The van der Waals surface area contributed by atoms with Crippen molar-refractivity contribution in [3.05, 3.63) is 12.2 Å². The van der Waals surface area contributed by atoms with E-state index in [0.717, 1.165) is 6.42 Å². The lowest BCUT2D eigenvalue weighted by Crippen LogP contribution is -2.13. The van der Waals surface area contributed by atoms with Crippen LogP contribution in [-0.4, -0.2) is 33.2 Å². The van der Waals surface area contributed by atoms with Crippen molar-refractivity contribution < 1.29 is 14.2 Å². The molecule has 0 amide bonds. The smallest absolute Gasteiger partial charge is 0.147 e. The Labute approximate surface area is 80.7 Å². The Balaban J connectivity index is 3.28. The Hall–Kier alpha value is -0.380. The second kappa shape index (κ2) is 9.71. The third-order valence-electron chi connectivity index (χ3n) is 1.61.